The summed E-state index contributed by atoms with van der Waals surface area (Å²) >= 11 is 0. The fourth-order valence-corrected chi connectivity index (χ4v) is 3.03. The molecule has 0 atom stereocenters. The predicted octanol–water partition coefficient (Wildman–Crippen LogP) is 5.08. The molecule has 0 unspecified atom stereocenters. The zero-order valence-electron chi connectivity index (χ0n) is 15.3. The molecule has 5 heteroatoms. The van der Waals surface area contributed by atoms with Crippen molar-refractivity contribution in [3.8, 4) is 11.3 Å². The van der Waals surface area contributed by atoms with E-state index in [9.17, 15) is 14.0 Å². The number of pyridine rings is 1. The Morgan fingerprint density at radius 3 is 2.31 bits per heavy atom. The van der Waals surface area contributed by atoms with Gasteiger partial charge in [-0.25, -0.2) is 14.2 Å². The topological polar surface area (TPSA) is 56.3 Å². The molecule has 0 bridgehead atoms. The van der Waals surface area contributed by atoms with Crippen LogP contribution in [0, 0.1) is 5.82 Å². The number of rotatable bonds is 5. The number of carbonyl (C=O) groups is 2. The fourth-order valence-electron chi connectivity index (χ4n) is 3.03. The summed E-state index contributed by atoms with van der Waals surface area (Å²) in [5.74, 6) is -1.45. The first kappa shape index (κ1) is 18.5. The van der Waals surface area contributed by atoms with Gasteiger partial charge in [0.05, 0.1) is 16.8 Å². The molecule has 4 nitrogen and oxygen atoms in total. The Labute approximate surface area is 166 Å². The Bertz CT molecular complexity index is 1190. The Hall–Kier alpha value is -3.86. The average Bonchev–Trinajstić information content (AvgIpc) is 2.77. The summed E-state index contributed by atoms with van der Waals surface area (Å²) in [6, 6.07) is 23.5. The Morgan fingerprint density at radius 1 is 0.862 bits per heavy atom. The number of fused-ring (bicyclic) bond motifs is 1. The van der Waals surface area contributed by atoms with Crippen molar-refractivity contribution < 1.29 is 18.7 Å². The summed E-state index contributed by atoms with van der Waals surface area (Å²) in [6.45, 7) is -0.429. The van der Waals surface area contributed by atoms with E-state index in [1.165, 1.54) is 24.3 Å². The van der Waals surface area contributed by atoms with Crippen LogP contribution in [0.25, 0.3) is 22.2 Å². The number of nitrogens with zero attached hydrogens (tertiary/aromatic N) is 1. The van der Waals surface area contributed by atoms with E-state index in [-0.39, 0.29) is 5.56 Å². The molecule has 0 spiro atoms. The zero-order chi connectivity index (χ0) is 20.2. The number of Topliss-reactive ketones (excluding diaryl/α,β-unsaturated/α-hetero) is 1. The maximum atomic E-state index is 13.0. The SMILES string of the molecule is O=C(COC(=O)c1cc(-c2ccccc2)nc2ccccc12)c1ccc(F)cc1. The van der Waals surface area contributed by atoms with E-state index in [1.54, 1.807) is 12.1 Å². The second-order valence-electron chi connectivity index (χ2n) is 6.44. The van der Waals surface area contributed by atoms with Gasteiger partial charge in [0.15, 0.2) is 12.4 Å². The highest BCUT2D eigenvalue weighted by Gasteiger charge is 2.17. The van der Waals surface area contributed by atoms with Crippen molar-refractivity contribution in [2.45, 2.75) is 0 Å². The number of ether oxygens (including phenoxy) is 1. The summed E-state index contributed by atoms with van der Waals surface area (Å²) < 4.78 is 18.3. The number of benzene rings is 3. The van der Waals surface area contributed by atoms with Crippen LogP contribution in [-0.2, 0) is 4.74 Å². The third kappa shape index (κ3) is 4.04. The highest BCUT2D eigenvalue weighted by atomic mass is 19.1. The number of ketones is 1. The first-order valence-corrected chi connectivity index (χ1v) is 9.03. The second kappa shape index (κ2) is 8.02. The fraction of sp³-hybridized carbons (Fsp3) is 0.0417. The number of aromatic nitrogens is 1. The molecule has 3 aromatic carbocycles. The molecule has 142 valence electrons. The lowest BCUT2D eigenvalue weighted by molar-refractivity contribution is 0.0476. The molecule has 1 aromatic heterocycles. The number of para-hydroxylation sites is 1. The van der Waals surface area contributed by atoms with E-state index in [2.05, 4.69) is 4.98 Å². The van der Waals surface area contributed by atoms with Gasteiger partial charge in [-0.2, -0.15) is 0 Å². The molecule has 0 saturated carbocycles. The maximum absolute atomic E-state index is 13.0. The summed E-state index contributed by atoms with van der Waals surface area (Å²) in [5, 5.41) is 0.645. The largest absolute Gasteiger partial charge is 0.454 e. The highest BCUT2D eigenvalue weighted by Crippen LogP contribution is 2.25. The van der Waals surface area contributed by atoms with Crippen molar-refractivity contribution >= 4 is 22.7 Å². The van der Waals surface area contributed by atoms with Crippen LogP contribution in [0.15, 0.2) is 84.9 Å². The summed E-state index contributed by atoms with van der Waals surface area (Å²) in [7, 11) is 0. The van der Waals surface area contributed by atoms with Crippen molar-refractivity contribution in [2.24, 2.45) is 0 Å². The third-order valence-corrected chi connectivity index (χ3v) is 4.51. The normalized spacial score (nSPS) is 10.7. The molecule has 0 aliphatic carbocycles. The lowest BCUT2D eigenvalue weighted by Gasteiger charge is -2.10. The van der Waals surface area contributed by atoms with Crippen LogP contribution in [-0.4, -0.2) is 23.3 Å². The van der Waals surface area contributed by atoms with Gasteiger partial charge in [-0.05, 0) is 36.4 Å². The van der Waals surface area contributed by atoms with Crippen molar-refractivity contribution in [2.75, 3.05) is 6.61 Å². The predicted molar refractivity (Wildman–Crippen MR) is 108 cm³/mol. The smallest absolute Gasteiger partial charge is 0.339 e. The molecule has 1 heterocycles. The van der Waals surface area contributed by atoms with Gasteiger partial charge >= 0.3 is 5.97 Å². The molecule has 4 rings (SSSR count). The molecule has 0 aliphatic rings. The Balaban J connectivity index is 1.62. The van der Waals surface area contributed by atoms with Crippen molar-refractivity contribution in [1.82, 2.24) is 4.98 Å². The second-order valence-corrected chi connectivity index (χ2v) is 6.44. The number of esters is 1. The molecule has 0 amide bonds. The molecular weight excluding hydrogens is 369 g/mol. The van der Waals surface area contributed by atoms with Gasteiger partial charge in [0.1, 0.15) is 5.82 Å². The molecule has 0 fully saturated rings. The molecule has 0 N–H and O–H groups in total. The number of carbonyl (C=O) groups excluding carboxylic acids is 2. The average molecular weight is 385 g/mol. The van der Waals surface area contributed by atoms with Crippen molar-refractivity contribution in [1.29, 1.82) is 0 Å². The van der Waals surface area contributed by atoms with Crippen LogP contribution in [0.1, 0.15) is 20.7 Å². The monoisotopic (exact) mass is 385 g/mol. The van der Waals surface area contributed by atoms with Gasteiger partial charge in [0.25, 0.3) is 0 Å². The van der Waals surface area contributed by atoms with Gasteiger partial charge in [-0.1, -0.05) is 48.5 Å². The van der Waals surface area contributed by atoms with Crippen LogP contribution < -0.4 is 0 Å². The van der Waals surface area contributed by atoms with Gasteiger partial charge in [0.2, 0.25) is 0 Å². The summed E-state index contributed by atoms with van der Waals surface area (Å²) in [4.78, 5) is 29.6. The minimum atomic E-state index is -0.615. The first-order valence-electron chi connectivity index (χ1n) is 9.03. The minimum Gasteiger partial charge on any atom is -0.454 e. The third-order valence-electron chi connectivity index (χ3n) is 4.51. The van der Waals surface area contributed by atoms with Gasteiger partial charge in [-0.15, -0.1) is 0 Å². The number of halogens is 1. The van der Waals surface area contributed by atoms with E-state index in [0.717, 1.165) is 5.56 Å². The van der Waals surface area contributed by atoms with Crippen molar-refractivity contribution in [3.05, 3.63) is 102 Å². The molecular formula is C24H16FNO3. The van der Waals surface area contributed by atoms with Crippen LogP contribution in [0.2, 0.25) is 0 Å². The maximum Gasteiger partial charge on any atom is 0.339 e. The highest BCUT2D eigenvalue weighted by molar-refractivity contribution is 6.06. The summed E-state index contributed by atoms with van der Waals surface area (Å²) in [5.41, 5.74) is 2.78. The van der Waals surface area contributed by atoms with E-state index in [1.807, 2.05) is 48.5 Å². The number of hydrogen-bond acceptors (Lipinski definition) is 4. The molecule has 0 radical (unpaired) electrons. The summed E-state index contributed by atoms with van der Waals surface area (Å²) in [6.07, 6.45) is 0. The van der Waals surface area contributed by atoms with E-state index < -0.39 is 24.2 Å². The van der Waals surface area contributed by atoms with Crippen LogP contribution >= 0.6 is 0 Å². The van der Waals surface area contributed by atoms with Crippen molar-refractivity contribution in [3.63, 3.8) is 0 Å². The lowest BCUT2D eigenvalue weighted by Crippen LogP contribution is -2.15. The van der Waals surface area contributed by atoms with Gasteiger partial charge in [-0.3, -0.25) is 4.79 Å². The number of hydrogen-bond donors (Lipinski definition) is 0. The van der Waals surface area contributed by atoms with E-state index in [4.69, 9.17) is 4.74 Å². The Morgan fingerprint density at radius 2 is 1.55 bits per heavy atom. The first-order chi connectivity index (χ1) is 14.1. The van der Waals surface area contributed by atoms with E-state index >= 15 is 0 Å². The van der Waals surface area contributed by atoms with Crippen LogP contribution in [0.3, 0.4) is 0 Å². The Kier molecular flexibility index (Phi) is 5.12. The standard InChI is InChI=1S/C24H16FNO3/c25-18-12-10-17(11-13-18)23(27)15-29-24(28)20-14-22(16-6-2-1-3-7-16)26-21-9-5-4-8-19(20)21/h1-14H,15H2. The molecule has 0 aliphatic heterocycles. The lowest BCUT2D eigenvalue weighted by atomic mass is 10.0. The molecule has 29 heavy (non-hydrogen) atoms. The van der Waals surface area contributed by atoms with Crippen LogP contribution in [0.4, 0.5) is 4.39 Å². The van der Waals surface area contributed by atoms with Gasteiger partial charge < -0.3 is 4.74 Å². The molecule has 4 aromatic rings. The van der Waals surface area contributed by atoms with Crippen LogP contribution in [0.5, 0.6) is 0 Å². The molecule has 0 saturated heterocycles. The zero-order valence-corrected chi connectivity index (χ0v) is 15.3. The van der Waals surface area contributed by atoms with E-state index in [0.29, 0.717) is 22.2 Å². The quantitative estimate of drug-likeness (QED) is 0.355. The minimum absolute atomic E-state index is 0.281. The van der Waals surface area contributed by atoms with Gasteiger partial charge in [0, 0.05) is 16.5 Å².